The van der Waals surface area contributed by atoms with Gasteiger partial charge in [-0.25, -0.2) is 4.39 Å². The van der Waals surface area contributed by atoms with E-state index in [0.717, 1.165) is 16.8 Å². The van der Waals surface area contributed by atoms with Gasteiger partial charge >= 0.3 is 5.97 Å². The van der Waals surface area contributed by atoms with Gasteiger partial charge in [-0.2, -0.15) is 0 Å². The Balaban J connectivity index is 2.07. The SMILES string of the molecule is CSc1ccc(C(C)Nc2cccc(CCC(=O)O)c2)cc1F. The highest BCUT2D eigenvalue weighted by atomic mass is 32.2. The van der Waals surface area contributed by atoms with Crippen molar-refractivity contribution in [2.75, 3.05) is 11.6 Å². The van der Waals surface area contributed by atoms with Gasteiger partial charge in [0.1, 0.15) is 5.82 Å². The second-order valence-electron chi connectivity index (χ2n) is 5.35. The minimum Gasteiger partial charge on any atom is -0.481 e. The van der Waals surface area contributed by atoms with Crippen LogP contribution in [-0.4, -0.2) is 17.3 Å². The van der Waals surface area contributed by atoms with Crippen LogP contribution in [0.25, 0.3) is 0 Å². The average Bonchev–Trinajstić information content (AvgIpc) is 2.53. The predicted octanol–water partition coefficient (Wildman–Crippen LogP) is 4.74. The summed E-state index contributed by atoms with van der Waals surface area (Å²) < 4.78 is 13.9. The van der Waals surface area contributed by atoms with E-state index < -0.39 is 5.97 Å². The normalized spacial score (nSPS) is 12.0. The van der Waals surface area contributed by atoms with E-state index in [2.05, 4.69) is 5.32 Å². The van der Waals surface area contributed by atoms with Crippen LogP contribution in [0.2, 0.25) is 0 Å². The van der Waals surface area contributed by atoms with Crippen LogP contribution in [0.15, 0.2) is 47.4 Å². The molecule has 0 aliphatic rings. The molecule has 0 aromatic heterocycles. The highest BCUT2D eigenvalue weighted by molar-refractivity contribution is 7.98. The average molecular weight is 333 g/mol. The molecule has 3 nitrogen and oxygen atoms in total. The maximum absolute atomic E-state index is 13.9. The van der Waals surface area contributed by atoms with Crippen LogP contribution >= 0.6 is 11.8 Å². The third-order valence-electron chi connectivity index (χ3n) is 3.61. The number of hydrogen-bond donors (Lipinski definition) is 2. The molecule has 0 saturated heterocycles. The highest BCUT2D eigenvalue weighted by Crippen LogP contribution is 2.25. The standard InChI is InChI=1S/C18H20FNO2S/c1-12(14-7-8-17(23-2)16(19)11-14)20-15-5-3-4-13(10-15)6-9-18(21)22/h3-5,7-8,10-12,20H,6,9H2,1-2H3,(H,21,22). The van der Waals surface area contributed by atoms with Gasteiger partial charge in [0, 0.05) is 23.0 Å². The molecular formula is C18H20FNO2S. The molecule has 122 valence electrons. The van der Waals surface area contributed by atoms with E-state index in [0.29, 0.717) is 11.3 Å². The van der Waals surface area contributed by atoms with Gasteiger partial charge in [-0.05, 0) is 55.0 Å². The number of nitrogens with one attached hydrogen (secondary N) is 1. The molecule has 0 saturated carbocycles. The van der Waals surface area contributed by atoms with Gasteiger partial charge in [-0.3, -0.25) is 4.79 Å². The van der Waals surface area contributed by atoms with Crippen LogP contribution < -0.4 is 5.32 Å². The molecule has 0 fully saturated rings. The molecule has 1 atom stereocenters. The Kier molecular flexibility index (Phi) is 6.04. The largest absolute Gasteiger partial charge is 0.481 e. The predicted molar refractivity (Wildman–Crippen MR) is 92.6 cm³/mol. The smallest absolute Gasteiger partial charge is 0.303 e. The zero-order valence-electron chi connectivity index (χ0n) is 13.2. The quantitative estimate of drug-likeness (QED) is 0.719. The van der Waals surface area contributed by atoms with Gasteiger partial charge in [0.2, 0.25) is 0 Å². The van der Waals surface area contributed by atoms with Crippen molar-refractivity contribution in [1.29, 1.82) is 0 Å². The van der Waals surface area contributed by atoms with Crippen LogP contribution in [0.1, 0.15) is 30.5 Å². The van der Waals surface area contributed by atoms with Crippen LogP contribution in [0.5, 0.6) is 0 Å². The number of hydrogen-bond acceptors (Lipinski definition) is 3. The van der Waals surface area contributed by atoms with Crippen molar-refractivity contribution in [3.63, 3.8) is 0 Å². The lowest BCUT2D eigenvalue weighted by Gasteiger charge is -2.17. The van der Waals surface area contributed by atoms with Crippen LogP contribution in [0.4, 0.5) is 10.1 Å². The Labute approximate surface area is 139 Å². The van der Waals surface area contributed by atoms with Crippen molar-refractivity contribution in [1.82, 2.24) is 0 Å². The maximum atomic E-state index is 13.9. The molecule has 0 aliphatic carbocycles. The Bertz CT molecular complexity index is 690. The summed E-state index contributed by atoms with van der Waals surface area (Å²) in [4.78, 5) is 11.3. The number of carboxylic acids is 1. The molecule has 0 bridgehead atoms. The Morgan fingerprint density at radius 3 is 2.74 bits per heavy atom. The first-order valence-corrected chi connectivity index (χ1v) is 8.63. The van der Waals surface area contributed by atoms with Crippen molar-refractivity contribution in [2.45, 2.75) is 30.7 Å². The number of benzene rings is 2. The molecule has 2 aromatic carbocycles. The first-order valence-electron chi connectivity index (χ1n) is 7.40. The lowest BCUT2D eigenvalue weighted by Crippen LogP contribution is -2.07. The van der Waals surface area contributed by atoms with Gasteiger partial charge in [0.15, 0.2) is 0 Å². The van der Waals surface area contributed by atoms with Gasteiger partial charge < -0.3 is 10.4 Å². The zero-order chi connectivity index (χ0) is 16.8. The third kappa shape index (κ3) is 4.99. The summed E-state index contributed by atoms with van der Waals surface area (Å²) in [6.45, 7) is 1.97. The summed E-state index contributed by atoms with van der Waals surface area (Å²) in [5.74, 6) is -1.01. The van der Waals surface area contributed by atoms with Gasteiger partial charge in [-0.1, -0.05) is 18.2 Å². The molecular weight excluding hydrogens is 313 g/mol. The fraction of sp³-hybridized carbons (Fsp3) is 0.278. The molecule has 0 spiro atoms. The summed E-state index contributed by atoms with van der Waals surface area (Å²) >= 11 is 1.39. The van der Waals surface area contributed by atoms with E-state index in [9.17, 15) is 9.18 Å². The number of aryl methyl sites for hydroxylation is 1. The maximum Gasteiger partial charge on any atom is 0.303 e. The Morgan fingerprint density at radius 2 is 2.09 bits per heavy atom. The van der Waals surface area contributed by atoms with Crippen molar-refractivity contribution in [3.8, 4) is 0 Å². The number of aliphatic carboxylic acids is 1. The Hall–Kier alpha value is -2.01. The first-order chi connectivity index (χ1) is 11.0. The molecule has 1 unspecified atom stereocenters. The summed E-state index contributed by atoms with van der Waals surface area (Å²) in [7, 11) is 0. The van der Waals surface area contributed by atoms with Crippen LogP contribution in [0, 0.1) is 5.82 Å². The highest BCUT2D eigenvalue weighted by Gasteiger charge is 2.09. The van der Waals surface area contributed by atoms with Crippen LogP contribution in [0.3, 0.4) is 0 Å². The third-order valence-corrected chi connectivity index (χ3v) is 4.38. The number of halogens is 1. The molecule has 2 aromatic rings. The van der Waals surface area contributed by atoms with Crippen molar-refractivity contribution in [2.24, 2.45) is 0 Å². The molecule has 23 heavy (non-hydrogen) atoms. The fourth-order valence-corrected chi connectivity index (χ4v) is 2.81. The van der Waals surface area contributed by atoms with Crippen molar-refractivity contribution >= 4 is 23.4 Å². The van der Waals surface area contributed by atoms with Crippen LogP contribution in [-0.2, 0) is 11.2 Å². The van der Waals surface area contributed by atoms with Gasteiger partial charge in [0.05, 0.1) is 0 Å². The summed E-state index contributed by atoms with van der Waals surface area (Å²) in [5, 5.41) is 12.1. The van der Waals surface area contributed by atoms with E-state index in [1.165, 1.54) is 11.8 Å². The molecule has 0 radical (unpaired) electrons. The van der Waals surface area contributed by atoms with Crippen molar-refractivity contribution in [3.05, 3.63) is 59.4 Å². The molecule has 2 rings (SSSR count). The summed E-state index contributed by atoms with van der Waals surface area (Å²) in [5.41, 5.74) is 2.74. The minimum absolute atomic E-state index is 0.0462. The topological polar surface area (TPSA) is 49.3 Å². The zero-order valence-corrected chi connectivity index (χ0v) is 14.0. The number of rotatable bonds is 7. The monoisotopic (exact) mass is 333 g/mol. The lowest BCUT2D eigenvalue weighted by molar-refractivity contribution is -0.136. The summed E-state index contributed by atoms with van der Waals surface area (Å²) in [6, 6.07) is 12.9. The van der Waals surface area contributed by atoms with E-state index in [-0.39, 0.29) is 18.3 Å². The molecule has 0 heterocycles. The molecule has 0 amide bonds. The minimum atomic E-state index is -0.805. The number of thioether (sulfide) groups is 1. The second-order valence-corrected chi connectivity index (χ2v) is 6.20. The molecule has 2 N–H and O–H groups in total. The Morgan fingerprint density at radius 1 is 1.30 bits per heavy atom. The molecule has 0 aliphatic heterocycles. The van der Waals surface area contributed by atoms with E-state index >= 15 is 0 Å². The number of carboxylic acid groups (broad SMARTS) is 1. The lowest BCUT2D eigenvalue weighted by atomic mass is 10.1. The van der Waals surface area contributed by atoms with E-state index in [1.807, 2.05) is 43.5 Å². The molecule has 5 heteroatoms. The van der Waals surface area contributed by atoms with E-state index in [4.69, 9.17) is 5.11 Å². The van der Waals surface area contributed by atoms with Crippen molar-refractivity contribution < 1.29 is 14.3 Å². The van der Waals surface area contributed by atoms with Gasteiger partial charge in [-0.15, -0.1) is 11.8 Å². The second kappa shape index (κ2) is 8.02. The first kappa shape index (κ1) is 17.3. The number of carbonyl (C=O) groups is 1. The van der Waals surface area contributed by atoms with E-state index in [1.54, 1.807) is 12.1 Å². The number of anilines is 1. The summed E-state index contributed by atoms with van der Waals surface area (Å²) in [6.07, 6.45) is 2.46. The fourth-order valence-electron chi connectivity index (χ4n) is 2.35. The van der Waals surface area contributed by atoms with Gasteiger partial charge in [0.25, 0.3) is 0 Å².